The number of thiophene rings is 1. The number of aliphatic imine (C=N–C) groups is 1. The first-order valence-electron chi connectivity index (χ1n) is 8.20. The smallest absolute Gasteiger partial charge is 0.250 e. The summed E-state index contributed by atoms with van der Waals surface area (Å²) < 4.78 is 26.9. The van der Waals surface area contributed by atoms with Crippen LogP contribution in [0.4, 0.5) is 0 Å². The summed E-state index contributed by atoms with van der Waals surface area (Å²) in [5.41, 5.74) is 1.04. The highest BCUT2D eigenvalue weighted by atomic mass is 32.2. The first-order valence-corrected chi connectivity index (χ1v) is 10.6. The predicted molar refractivity (Wildman–Crippen MR) is 105 cm³/mol. The van der Waals surface area contributed by atoms with Crippen LogP contribution in [0.3, 0.4) is 0 Å². The summed E-state index contributed by atoms with van der Waals surface area (Å²) in [6.45, 7) is 1.16. The van der Waals surface area contributed by atoms with Crippen LogP contribution in [0.1, 0.15) is 11.5 Å². The molecule has 9 heteroatoms. The zero-order chi connectivity index (χ0) is 18.8. The van der Waals surface area contributed by atoms with Gasteiger partial charge in [-0.1, -0.05) is 36.4 Å². The number of sulfonamides is 1. The lowest BCUT2D eigenvalue weighted by atomic mass is 10.0. The summed E-state index contributed by atoms with van der Waals surface area (Å²) in [6, 6.07) is 13.0. The Kier molecular flexibility index (Phi) is 8.05. The monoisotopic (exact) mass is 396 g/mol. The molecule has 142 valence electrons. The van der Waals surface area contributed by atoms with Gasteiger partial charge in [-0.3, -0.25) is 4.99 Å². The van der Waals surface area contributed by atoms with E-state index in [9.17, 15) is 13.5 Å². The average molecular weight is 397 g/mol. The lowest BCUT2D eigenvalue weighted by Crippen LogP contribution is -2.43. The largest absolute Gasteiger partial charge is 0.396 e. The van der Waals surface area contributed by atoms with Crippen molar-refractivity contribution in [3.63, 3.8) is 0 Å². The van der Waals surface area contributed by atoms with Crippen molar-refractivity contribution in [2.75, 3.05) is 33.3 Å². The molecule has 0 saturated heterocycles. The van der Waals surface area contributed by atoms with Gasteiger partial charge >= 0.3 is 0 Å². The number of nitrogens with zero attached hydrogens (tertiary/aromatic N) is 1. The van der Waals surface area contributed by atoms with Gasteiger partial charge in [0, 0.05) is 32.6 Å². The van der Waals surface area contributed by atoms with E-state index in [1.165, 1.54) is 11.3 Å². The molecule has 0 aliphatic carbocycles. The van der Waals surface area contributed by atoms with E-state index in [0.29, 0.717) is 23.3 Å². The highest BCUT2D eigenvalue weighted by Crippen LogP contribution is 2.15. The molecular weight excluding hydrogens is 372 g/mol. The molecule has 26 heavy (non-hydrogen) atoms. The third-order valence-electron chi connectivity index (χ3n) is 3.70. The van der Waals surface area contributed by atoms with Crippen LogP contribution in [0.25, 0.3) is 0 Å². The van der Waals surface area contributed by atoms with Crippen LogP contribution in [0.5, 0.6) is 0 Å². The molecule has 2 aromatic rings. The van der Waals surface area contributed by atoms with Crippen LogP contribution in [0.2, 0.25) is 0 Å². The molecule has 0 saturated carbocycles. The second-order valence-electron chi connectivity index (χ2n) is 5.50. The summed E-state index contributed by atoms with van der Waals surface area (Å²) in [5.74, 6) is 0.502. The maximum absolute atomic E-state index is 12.0. The highest BCUT2D eigenvalue weighted by Gasteiger charge is 2.14. The van der Waals surface area contributed by atoms with Gasteiger partial charge < -0.3 is 15.7 Å². The lowest BCUT2D eigenvalue weighted by Gasteiger charge is -2.18. The molecule has 0 fully saturated rings. The third-order valence-corrected chi connectivity index (χ3v) is 6.56. The zero-order valence-corrected chi connectivity index (χ0v) is 16.2. The van der Waals surface area contributed by atoms with Crippen molar-refractivity contribution < 1.29 is 13.5 Å². The van der Waals surface area contributed by atoms with Gasteiger partial charge in [0.2, 0.25) is 10.0 Å². The second kappa shape index (κ2) is 10.3. The van der Waals surface area contributed by atoms with Crippen molar-refractivity contribution in [2.24, 2.45) is 4.99 Å². The Morgan fingerprint density at radius 2 is 1.92 bits per heavy atom. The maximum Gasteiger partial charge on any atom is 0.250 e. The minimum absolute atomic E-state index is 0.0224. The number of guanidine groups is 1. The molecule has 1 unspecified atom stereocenters. The first kappa shape index (κ1) is 20.4. The Morgan fingerprint density at radius 3 is 2.54 bits per heavy atom. The van der Waals surface area contributed by atoms with Crippen LogP contribution < -0.4 is 15.4 Å². The van der Waals surface area contributed by atoms with Crippen LogP contribution in [0.15, 0.2) is 57.0 Å². The van der Waals surface area contributed by atoms with Gasteiger partial charge in [-0.15, -0.1) is 11.3 Å². The number of aliphatic hydroxyl groups excluding tert-OH is 1. The summed E-state index contributed by atoms with van der Waals surface area (Å²) in [7, 11) is -1.81. The van der Waals surface area contributed by atoms with E-state index in [-0.39, 0.29) is 19.1 Å². The molecule has 1 heterocycles. The lowest BCUT2D eigenvalue weighted by molar-refractivity contribution is 0.265. The standard InChI is InChI=1S/C17H24N4O3S2/c1-18-17(20-12-15(13-22)14-6-3-2-4-7-14)19-9-10-21-26(23,24)16-8-5-11-25-16/h2-8,11,15,21-22H,9-10,12-13H2,1H3,(H2,18,19,20). The Balaban J connectivity index is 1.76. The topological polar surface area (TPSA) is 103 Å². The van der Waals surface area contributed by atoms with Crippen LogP contribution in [0, 0.1) is 0 Å². The molecule has 1 atom stereocenters. The number of hydrogen-bond donors (Lipinski definition) is 4. The molecule has 0 aliphatic rings. The number of nitrogens with one attached hydrogen (secondary N) is 3. The molecule has 0 spiro atoms. The SMILES string of the molecule is CN=C(NCCNS(=O)(=O)c1cccs1)NCC(CO)c1ccccc1. The van der Waals surface area contributed by atoms with E-state index in [1.807, 2.05) is 30.3 Å². The van der Waals surface area contributed by atoms with Crippen molar-refractivity contribution in [1.29, 1.82) is 0 Å². The zero-order valence-electron chi connectivity index (χ0n) is 14.6. The van der Waals surface area contributed by atoms with E-state index in [0.717, 1.165) is 5.56 Å². The van der Waals surface area contributed by atoms with Gasteiger partial charge in [0.15, 0.2) is 5.96 Å². The van der Waals surface area contributed by atoms with Crippen molar-refractivity contribution in [3.8, 4) is 0 Å². The normalized spacial score (nSPS) is 13.4. The number of rotatable bonds is 9. The minimum Gasteiger partial charge on any atom is -0.396 e. The van der Waals surface area contributed by atoms with Gasteiger partial charge in [-0.25, -0.2) is 13.1 Å². The van der Waals surface area contributed by atoms with E-state index >= 15 is 0 Å². The molecular formula is C17H24N4O3S2. The fourth-order valence-electron chi connectivity index (χ4n) is 2.31. The van der Waals surface area contributed by atoms with E-state index in [1.54, 1.807) is 24.6 Å². The highest BCUT2D eigenvalue weighted by molar-refractivity contribution is 7.91. The summed E-state index contributed by atoms with van der Waals surface area (Å²) in [4.78, 5) is 4.11. The Labute approximate surface area is 158 Å². The second-order valence-corrected chi connectivity index (χ2v) is 8.44. The molecule has 0 amide bonds. The molecule has 2 rings (SSSR count). The molecule has 7 nitrogen and oxygen atoms in total. The van der Waals surface area contributed by atoms with Crippen molar-refractivity contribution >= 4 is 27.3 Å². The quantitative estimate of drug-likeness (QED) is 0.287. The summed E-state index contributed by atoms with van der Waals surface area (Å²) in [6.07, 6.45) is 0. The third kappa shape index (κ3) is 6.10. The van der Waals surface area contributed by atoms with E-state index in [4.69, 9.17) is 0 Å². The molecule has 0 bridgehead atoms. The van der Waals surface area contributed by atoms with Crippen molar-refractivity contribution in [2.45, 2.75) is 10.1 Å². The average Bonchev–Trinajstić information content (AvgIpc) is 3.20. The van der Waals surface area contributed by atoms with E-state index in [2.05, 4.69) is 20.3 Å². The van der Waals surface area contributed by atoms with Gasteiger partial charge in [0.25, 0.3) is 0 Å². The number of benzene rings is 1. The Hall–Kier alpha value is -1.94. The van der Waals surface area contributed by atoms with Gasteiger partial charge in [-0.2, -0.15) is 0 Å². The molecule has 4 N–H and O–H groups in total. The molecule has 1 aromatic heterocycles. The minimum atomic E-state index is -3.45. The predicted octanol–water partition coefficient (Wildman–Crippen LogP) is 0.968. The fourth-order valence-corrected chi connectivity index (χ4v) is 4.38. The number of hydrogen-bond acceptors (Lipinski definition) is 5. The maximum atomic E-state index is 12.0. The van der Waals surface area contributed by atoms with Gasteiger partial charge in [0.05, 0.1) is 6.61 Å². The van der Waals surface area contributed by atoms with Crippen molar-refractivity contribution in [3.05, 3.63) is 53.4 Å². The van der Waals surface area contributed by atoms with Gasteiger partial charge in [0.1, 0.15) is 4.21 Å². The number of aliphatic hydroxyl groups is 1. The Morgan fingerprint density at radius 1 is 1.15 bits per heavy atom. The van der Waals surface area contributed by atoms with Crippen LogP contribution >= 0.6 is 11.3 Å². The molecule has 0 radical (unpaired) electrons. The first-order chi connectivity index (χ1) is 12.6. The molecule has 1 aromatic carbocycles. The van der Waals surface area contributed by atoms with Crippen molar-refractivity contribution in [1.82, 2.24) is 15.4 Å². The summed E-state index contributed by atoms with van der Waals surface area (Å²) in [5, 5.41) is 17.5. The van der Waals surface area contributed by atoms with Crippen LogP contribution in [-0.2, 0) is 10.0 Å². The Bertz CT molecular complexity index is 778. The van der Waals surface area contributed by atoms with Gasteiger partial charge in [-0.05, 0) is 17.0 Å². The summed E-state index contributed by atoms with van der Waals surface area (Å²) >= 11 is 1.18. The fraction of sp³-hybridized carbons (Fsp3) is 0.353. The van der Waals surface area contributed by atoms with Crippen LogP contribution in [-0.4, -0.2) is 52.8 Å². The molecule has 0 aliphatic heterocycles. The van der Waals surface area contributed by atoms with E-state index < -0.39 is 10.0 Å².